The quantitative estimate of drug-likeness (QED) is 0.612. The van der Waals surface area contributed by atoms with Crippen molar-refractivity contribution in [2.75, 3.05) is 19.7 Å². The Labute approximate surface area is 144 Å². The highest BCUT2D eigenvalue weighted by Gasteiger charge is 2.28. The Balaban J connectivity index is 1.94. The summed E-state index contributed by atoms with van der Waals surface area (Å²) in [6.45, 7) is 7.65. The van der Waals surface area contributed by atoms with Crippen molar-refractivity contribution in [2.24, 2.45) is 5.92 Å². The van der Waals surface area contributed by atoms with Gasteiger partial charge in [-0.25, -0.2) is 0 Å². The summed E-state index contributed by atoms with van der Waals surface area (Å²) in [5.74, 6) is 0.0689. The third kappa shape index (κ3) is 4.95. The van der Waals surface area contributed by atoms with Gasteiger partial charge in [-0.2, -0.15) is 0 Å². The summed E-state index contributed by atoms with van der Waals surface area (Å²) in [6, 6.07) is 8.23. The summed E-state index contributed by atoms with van der Waals surface area (Å²) in [6.07, 6.45) is 5.06. The van der Waals surface area contributed by atoms with Crippen molar-refractivity contribution in [1.29, 1.82) is 0 Å². The predicted octanol–water partition coefficient (Wildman–Crippen LogP) is 3.62. The Morgan fingerprint density at radius 3 is 2.62 bits per heavy atom. The average Bonchev–Trinajstić information content (AvgIpc) is 2.60. The number of hydrogen-bond acceptors (Lipinski definition) is 3. The van der Waals surface area contributed by atoms with Gasteiger partial charge in [-0.15, -0.1) is 0 Å². The molecule has 1 aliphatic heterocycles. The van der Waals surface area contributed by atoms with E-state index in [9.17, 15) is 9.59 Å². The third-order valence-electron chi connectivity index (χ3n) is 4.37. The molecule has 0 saturated carbocycles. The molecule has 1 fully saturated rings. The van der Waals surface area contributed by atoms with Crippen LogP contribution in [0.15, 0.2) is 30.3 Å². The smallest absolute Gasteiger partial charge is 0.310 e. The molecule has 0 spiro atoms. The van der Waals surface area contributed by atoms with Crippen molar-refractivity contribution >= 4 is 18.0 Å². The second-order valence-corrected chi connectivity index (χ2v) is 6.53. The number of benzene rings is 1. The van der Waals surface area contributed by atoms with Crippen molar-refractivity contribution in [3.8, 4) is 0 Å². The summed E-state index contributed by atoms with van der Waals surface area (Å²) in [5.41, 5.74) is 2.29. The van der Waals surface area contributed by atoms with Gasteiger partial charge in [0, 0.05) is 19.2 Å². The molecule has 2 rings (SSSR count). The Hall–Kier alpha value is -2.10. The van der Waals surface area contributed by atoms with Crippen LogP contribution in [0.5, 0.6) is 0 Å². The number of likely N-dealkylation sites (tertiary alicyclic amines) is 1. The molecule has 0 N–H and O–H groups in total. The van der Waals surface area contributed by atoms with Gasteiger partial charge < -0.3 is 9.64 Å². The zero-order valence-electron chi connectivity index (χ0n) is 14.8. The lowest BCUT2D eigenvalue weighted by molar-refractivity contribution is -0.150. The van der Waals surface area contributed by atoms with Crippen molar-refractivity contribution in [3.05, 3.63) is 41.5 Å². The summed E-state index contributed by atoms with van der Waals surface area (Å²) in [4.78, 5) is 26.0. The zero-order valence-corrected chi connectivity index (χ0v) is 14.8. The van der Waals surface area contributed by atoms with Crippen LogP contribution in [0.25, 0.3) is 6.08 Å². The van der Waals surface area contributed by atoms with Crippen LogP contribution in [0.2, 0.25) is 0 Å². The van der Waals surface area contributed by atoms with E-state index in [1.807, 2.05) is 18.2 Å². The van der Waals surface area contributed by atoms with Gasteiger partial charge >= 0.3 is 5.97 Å². The molecule has 0 radical (unpaired) electrons. The van der Waals surface area contributed by atoms with E-state index in [2.05, 4.69) is 26.0 Å². The lowest BCUT2D eigenvalue weighted by Gasteiger charge is -2.30. The van der Waals surface area contributed by atoms with Crippen LogP contribution in [0, 0.1) is 5.92 Å². The van der Waals surface area contributed by atoms with Crippen LogP contribution >= 0.6 is 0 Å². The Bertz CT molecular complexity index is 589. The molecule has 0 aromatic heterocycles. The summed E-state index contributed by atoms with van der Waals surface area (Å²) < 4.78 is 5.07. The van der Waals surface area contributed by atoms with Gasteiger partial charge in [-0.3, -0.25) is 9.59 Å². The first-order valence-corrected chi connectivity index (χ1v) is 8.74. The Morgan fingerprint density at radius 1 is 1.29 bits per heavy atom. The zero-order chi connectivity index (χ0) is 17.5. The minimum atomic E-state index is -0.193. The minimum absolute atomic E-state index is 0.0445. The van der Waals surface area contributed by atoms with Crippen molar-refractivity contribution < 1.29 is 14.3 Å². The van der Waals surface area contributed by atoms with Gasteiger partial charge in [0.2, 0.25) is 5.91 Å². The molecule has 1 aromatic carbocycles. The van der Waals surface area contributed by atoms with Crippen molar-refractivity contribution in [1.82, 2.24) is 4.90 Å². The molecule has 130 valence electrons. The number of carbonyl (C=O) groups excluding carboxylic acids is 2. The number of nitrogens with zero attached hydrogens (tertiary/aromatic N) is 1. The molecule has 1 saturated heterocycles. The lowest BCUT2D eigenvalue weighted by atomic mass is 9.98. The first kappa shape index (κ1) is 18.2. The molecule has 1 amide bonds. The number of carbonyl (C=O) groups is 2. The van der Waals surface area contributed by atoms with E-state index in [-0.39, 0.29) is 17.8 Å². The fourth-order valence-corrected chi connectivity index (χ4v) is 2.89. The molecule has 4 heteroatoms. The third-order valence-corrected chi connectivity index (χ3v) is 4.37. The molecule has 1 aromatic rings. The molecule has 1 heterocycles. The van der Waals surface area contributed by atoms with E-state index in [0.717, 1.165) is 18.4 Å². The fourth-order valence-electron chi connectivity index (χ4n) is 2.89. The van der Waals surface area contributed by atoms with Crippen LogP contribution in [-0.4, -0.2) is 36.5 Å². The van der Waals surface area contributed by atoms with Crippen molar-refractivity contribution in [2.45, 2.75) is 39.5 Å². The monoisotopic (exact) mass is 329 g/mol. The van der Waals surface area contributed by atoms with E-state index in [4.69, 9.17) is 4.74 Å². The summed E-state index contributed by atoms with van der Waals surface area (Å²) in [7, 11) is 0. The number of piperidine rings is 1. The van der Waals surface area contributed by atoms with E-state index in [0.29, 0.717) is 25.6 Å². The first-order chi connectivity index (χ1) is 11.5. The molecule has 1 aliphatic rings. The van der Waals surface area contributed by atoms with Crippen LogP contribution in [-0.2, 0) is 14.3 Å². The second-order valence-electron chi connectivity index (χ2n) is 6.53. The maximum absolute atomic E-state index is 12.4. The number of rotatable bonds is 5. The number of hydrogen-bond donors (Lipinski definition) is 0. The normalized spacial score (nSPS) is 18.2. The number of amides is 1. The van der Waals surface area contributed by atoms with Crippen LogP contribution in [0.4, 0.5) is 0 Å². The predicted molar refractivity (Wildman–Crippen MR) is 95.5 cm³/mol. The Kier molecular flexibility index (Phi) is 6.59. The maximum Gasteiger partial charge on any atom is 0.310 e. The molecule has 1 unspecified atom stereocenters. The van der Waals surface area contributed by atoms with Gasteiger partial charge in [-0.1, -0.05) is 38.1 Å². The van der Waals surface area contributed by atoms with Crippen LogP contribution < -0.4 is 0 Å². The SMILES string of the molecule is CCOC(=O)C1CCCN(C(=O)/C=C/c2ccc(C(C)C)cc2)C1. The second kappa shape index (κ2) is 8.67. The summed E-state index contributed by atoms with van der Waals surface area (Å²) in [5, 5.41) is 0. The molecular formula is C20H27NO3. The van der Waals surface area contributed by atoms with E-state index in [1.54, 1.807) is 17.9 Å². The maximum atomic E-state index is 12.4. The number of esters is 1. The van der Waals surface area contributed by atoms with Gasteiger partial charge in [-0.05, 0) is 42.9 Å². The topological polar surface area (TPSA) is 46.6 Å². The van der Waals surface area contributed by atoms with Gasteiger partial charge in [0.1, 0.15) is 0 Å². The molecule has 4 nitrogen and oxygen atoms in total. The van der Waals surface area contributed by atoms with Crippen LogP contribution in [0.1, 0.15) is 50.7 Å². The van der Waals surface area contributed by atoms with E-state index < -0.39 is 0 Å². The largest absolute Gasteiger partial charge is 0.466 e. The highest BCUT2D eigenvalue weighted by molar-refractivity contribution is 5.92. The van der Waals surface area contributed by atoms with Gasteiger partial charge in [0.15, 0.2) is 0 Å². The molecule has 0 bridgehead atoms. The molecule has 1 atom stereocenters. The standard InChI is InChI=1S/C20H27NO3/c1-4-24-20(23)18-6-5-13-21(14-18)19(22)12-9-16-7-10-17(11-8-16)15(2)3/h7-12,15,18H,4-6,13-14H2,1-3H3/b12-9+. The number of ether oxygens (including phenoxy) is 1. The van der Waals surface area contributed by atoms with E-state index >= 15 is 0 Å². The van der Waals surface area contributed by atoms with E-state index in [1.165, 1.54) is 5.56 Å². The first-order valence-electron chi connectivity index (χ1n) is 8.74. The molecule has 0 aliphatic carbocycles. The lowest BCUT2D eigenvalue weighted by Crippen LogP contribution is -2.42. The highest BCUT2D eigenvalue weighted by atomic mass is 16.5. The summed E-state index contributed by atoms with van der Waals surface area (Å²) >= 11 is 0. The molecular weight excluding hydrogens is 302 g/mol. The molecule has 24 heavy (non-hydrogen) atoms. The van der Waals surface area contributed by atoms with Crippen LogP contribution in [0.3, 0.4) is 0 Å². The van der Waals surface area contributed by atoms with Gasteiger partial charge in [0.25, 0.3) is 0 Å². The van der Waals surface area contributed by atoms with Crippen molar-refractivity contribution in [3.63, 3.8) is 0 Å². The highest BCUT2D eigenvalue weighted by Crippen LogP contribution is 2.19. The van der Waals surface area contributed by atoms with Gasteiger partial charge in [0.05, 0.1) is 12.5 Å². The fraction of sp³-hybridized carbons (Fsp3) is 0.500. The Morgan fingerprint density at radius 2 is 2.00 bits per heavy atom. The minimum Gasteiger partial charge on any atom is -0.466 e. The average molecular weight is 329 g/mol.